The van der Waals surface area contributed by atoms with Gasteiger partial charge in [0.15, 0.2) is 17.3 Å². The van der Waals surface area contributed by atoms with Crippen LogP contribution in [0.1, 0.15) is 23.1 Å². The molecule has 1 aliphatic rings. The van der Waals surface area contributed by atoms with Gasteiger partial charge in [-0.2, -0.15) is 0 Å². The van der Waals surface area contributed by atoms with Crippen molar-refractivity contribution < 1.29 is 24.1 Å². The van der Waals surface area contributed by atoms with Crippen molar-refractivity contribution in [1.29, 1.82) is 0 Å². The van der Waals surface area contributed by atoms with E-state index in [4.69, 9.17) is 13.9 Å². The lowest BCUT2D eigenvalue weighted by Crippen LogP contribution is -2.17. The van der Waals surface area contributed by atoms with Crippen LogP contribution in [0, 0.1) is 0 Å². The minimum Gasteiger partial charge on any atom is -0.502 e. The maximum Gasteiger partial charge on any atom is 0.231 e. The predicted molar refractivity (Wildman–Crippen MR) is 94.8 cm³/mol. The number of nitrogens with zero attached hydrogens (tertiary/aromatic N) is 1. The standard InChI is InChI=1S/C19H16N2O6/c22-9-12-8-13(23)18(24)19(27-12)17(21-16-3-1-2-6-20-16)11-4-5-14-15(7-11)26-10-25-14/h1-8,17,22,24H,9-10H2,(H,20,21)/t17-/m0/s1. The number of anilines is 1. The topological polar surface area (TPSA) is 114 Å². The van der Waals surface area contributed by atoms with Gasteiger partial charge < -0.3 is 29.4 Å². The van der Waals surface area contributed by atoms with Gasteiger partial charge in [-0.15, -0.1) is 0 Å². The number of aromatic hydroxyl groups is 1. The Labute approximate surface area is 153 Å². The van der Waals surface area contributed by atoms with Gasteiger partial charge in [0.05, 0.1) is 0 Å². The summed E-state index contributed by atoms with van der Waals surface area (Å²) < 4.78 is 16.3. The van der Waals surface area contributed by atoms with Gasteiger partial charge >= 0.3 is 0 Å². The van der Waals surface area contributed by atoms with Crippen LogP contribution in [0.3, 0.4) is 0 Å². The van der Waals surface area contributed by atoms with Crippen molar-refractivity contribution >= 4 is 5.82 Å². The summed E-state index contributed by atoms with van der Waals surface area (Å²) in [7, 11) is 0. The van der Waals surface area contributed by atoms with Crippen molar-refractivity contribution in [2.45, 2.75) is 12.6 Å². The second kappa shape index (κ2) is 7.00. The highest BCUT2D eigenvalue weighted by Gasteiger charge is 2.26. The number of ether oxygens (including phenoxy) is 2. The number of pyridine rings is 1. The van der Waals surface area contributed by atoms with E-state index in [9.17, 15) is 15.0 Å². The molecule has 0 amide bonds. The lowest BCUT2D eigenvalue weighted by molar-refractivity contribution is 0.174. The lowest BCUT2D eigenvalue weighted by atomic mass is 10.0. The molecule has 1 atom stereocenters. The number of hydrogen-bond donors (Lipinski definition) is 3. The Morgan fingerprint density at radius 1 is 1.15 bits per heavy atom. The monoisotopic (exact) mass is 368 g/mol. The van der Waals surface area contributed by atoms with Crippen molar-refractivity contribution in [3.05, 3.63) is 76.0 Å². The first-order valence-corrected chi connectivity index (χ1v) is 8.19. The molecule has 0 unspecified atom stereocenters. The Bertz CT molecular complexity index is 1020. The third kappa shape index (κ3) is 3.30. The molecule has 3 heterocycles. The number of nitrogens with one attached hydrogen (secondary N) is 1. The van der Waals surface area contributed by atoms with Crippen molar-refractivity contribution in [3.8, 4) is 17.2 Å². The van der Waals surface area contributed by atoms with Crippen LogP contribution in [0.25, 0.3) is 0 Å². The molecule has 27 heavy (non-hydrogen) atoms. The Morgan fingerprint density at radius 2 is 2.00 bits per heavy atom. The number of fused-ring (bicyclic) bond motifs is 1. The van der Waals surface area contributed by atoms with Crippen molar-refractivity contribution in [1.82, 2.24) is 4.98 Å². The van der Waals surface area contributed by atoms with E-state index >= 15 is 0 Å². The van der Waals surface area contributed by atoms with Crippen LogP contribution in [0.2, 0.25) is 0 Å². The Balaban J connectivity index is 1.84. The summed E-state index contributed by atoms with van der Waals surface area (Å²) >= 11 is 0. The highest BCUT2D eigenvalue weighted by Crippen LogP contribution is 2.38. The average Bonchev–Trinajstić information content (AvgIpc) is 3.17. The molecule has 4 rings (SSSR count). The zero-order valence-corrected chi connectivity index (χ0v) is 14.1. The first-order valence-electron chi connectivity index (χ1n) is 8.19. The number of aromatic nitrogens is 1. The summed E-state index contributed by atoms with van der Waals surface area (Å²) in [6.07, 6.45) is 1.61. The van der Waals surface area contributed by atoms with Gasteiger partial charge in [0.1, 0.15) is 24.2 Å². The molecule has 0 radical (unpaired) electrons. The number of rotatable bonds is 5. The first kappa shape index (κ1) is 16.9. The number of aliphatic hydroxyl groups is 1. The predicted octanol–water partition coefficient (Wildman–Crippen LogP) is 2.16. The van der Waals surface area contributed by atoms with E-state index in [1.807, 2.05) is 0 Å². The van der Waals surface area contributed by atoms with E-state index in [0.717, 1.165) is 6.07 Å². The minimum absolute atomic E-state index is 0.0314. The molecule has 0 spiro atoms. The van der Waals surface area contributed by atoms with Gasteiger partial charge in [0, 0.05) is 12.3 Å². The van der Waals surface area contributed by atoms with E-state index in [1.54, 1.807) is 42.6 Å². The Hall–Kier alpha value is -3.52. The number of benzene rings is 1. The third-order valence-electron chi connectivity index (χ3n) is 4.11. The van der Waals surface area contributed by atoms with E-state index in [0.29, 0.717) is 22.9 Å². The van der Waals surface area contributed by atoms with Crippen molar-refractivity contribution in [3.63, 3.8) is 0 Å². The van der Waals surface area contributed by atoms with Gasteiger partial charge in [0.2, 0.25) is 18.0 Å². The van der Waals surface area contributed by atoms with Gasteiger partial charge in [-0.3, -0.25) is 4.79 Å². The summed E-state index contributed by atoms with van der Waals surface area (Å²) in [6.45, 7) is -0.350. The molecule has 0 saturated heterocycles. The Morgan fingerprint density at radius 3 is 2.78 bits per heavy atom. The first-order chi connectivity index (χ1) is 13.2. The highest BCUT2D eigenvalue weighted by atomic mass is 16.7. The normalized spacial score (nSPS) is 13.4. The molecule has 8 heteroatoms. The fourth-order valence-corrected chi connectivity index (χ4v) is 2.82. The molecule has 1 aromatic carbocycles. The summed E-state index contributed by atoms with van der Waals surface area (Å²) in [4.78, 5) is 16.3. The van der Waals surface area contributed by atoms with E-state index in [2.05, 4.69) is 10.3 Å². The van der Waals surface area contributed by atoms with Crippen molar-refractivity contribution in [2.24, 2.45) is 0 Å². The molecule has 0 bridgehead atoms. The van der Waals surface area contributed by atoms with Crippen molar-refractivity contribution in [2.75, 3.05) is 12.1 Å². The van der Waals surface area contributed by atoms with E-state index < -0.39 is 23.8 Å². The van der Waals surface area contributed by atoms with Crippen LogP contribution in [0.5, 0.6) is 17.2 Å². The summed E-state index contributed by atoms with van der Waals surface area (Å²) in [5, 5.41) is 22.8. The smallest absolute Gasteiger partial charge is 0.231 e. The fraction of sp³-hybridized carbons (Fsp3) is 0.158. The van der Waals surface area contributed by atoms with Crippen LogP contribution in [0.15, 0.2) is 57.9 Å². The number of aliphatic hydroxyl groups excluding tert-OH is 1. The van der Waals surface area contributed by atoms with E-state index in [1.165, 1.54) is 0 Å². The maximum atomic E-state index is 12.1. The summed E-state index contributed by atoms with van der Waals surface area (Å²) in [6, 6.07) is 10.8. The van der Waals surface area contributed by atoms with Crippen LogP contribution >= 0.6 is 0 Å². The number of hydrogen-bond acceptors (Lipinski definition) is 8. The zero-order chi connectivity index (χ0) is 18.8. The van der Waals surface area contributed by atoms with Crippen LogP contribution in [-0.4, -0.2) is 22.0 Å². The molecule has 2 aromatic heterocycles. The van der Waals surface area contributed by atoms with Gasteiger partial charge in [-0.05, 0) is 29.8 Å². The fourth-order valence-electron chi connectivity index (χ4n) is 2.82. The quantitative estimate of drug-likeness (QED) is 0.628. The molecule has 0 saturated carbocycles. The van der Waals surface area contributed by atoms with Gasteiger partial charge in [-0.1, -0.05) is 12.1 Å². The summed E-state index contributed by atoms with van der Waals surface area (Å²) in [5.74, 6) is 1.12. The second-order valence-corrected chi connectivity index (χ2v) is 5.85. The van der Waals surface area contributed by atoms with Crippen LogP contribution in [0.4, 0.5) is 5.82 Å². The second-order valence-electron chi connectivity index (χ2n) is 5.85. The molecule has 0 fully saturated rings. The lowest BCUT2D eigenvalue weighted by Gasteiger charge is -2.20. The molecule has 3 aromatic rings. The maximum absolute atomic E-state index is 12.1. The zero-order valence-electron chi connectivity index (χ0n) is 14.1. The largest absolute Gasteiger partial charge is 0.502 e. The molecule has 0 aliphatic carbocycles. The Kier molecular flexibility index (Phi) is 4.39. The van der Waals surface area contributed by atoms with Gasteiger partial charge in [0.25, 0.3) is 0 Å². The third-order valence-corrected chi connectivity index (χ3v) is 4.11. The molecule has 138 valence electrons. The molecule has 1 aliphatic heterocycles. The average molecular weight is 368 g/mol. The minimum atomic E-state index is -0.756. The molecular formula is C19H16N2O6. The molecular weight excluding hydrogens is 352 g/mol. The van der Waals surface area contributed by atoms with Crippen LogP contribution in [-0.2, 0) is 6.61 Å². The van der Waals surface area contributed by atoms with Gasteiger partial charge in [-0.25, -0.2) is 4.98 Å². The van der Waals surface area contributed by atoms with Crippen LogP contribution < -0.4 is 20.2 Å². The molecule has 8 nitrogen and oxygen atoms in total. The SMILES string of the molecule is O=c1cc(CO)oc([C@@H](Nc2ccccn2)c2ccc3c(c2)OCO3)c1O. The summed E-state index contributed by atoms with van der Waals surface area (Å²) in [5.41, 5.74) is 0.00677. The van der Waals surface area contributed by atoms with E-state index in [-0.39, 0.29) is 18.3 Å². The molecule has 3 N–H and O–H groups in total. The highest BCUT2D eigenvalue weighted by molar-refractivity contribution is 5.51.